The van der Waals surface area contributed by atoms with E-state index in [9.17, 15) is 14.3 Å². The number of benzene rings is 1. The summed E-state index contributed by atoms with van der Waals surface area (Å²) in [7, 11) is 0. The fourth-order valence-corrected chi connectivity index (χ4v) is 2.40. The van der Waals surface area contributed by atoms with Crippen molar-refractivity contribution < 1.29 is 19.0 Å². The van der Waals surface area contributed by atoms with E-state index in [4.69, 9.17) is 10.6 Å². The van der Waals surface area contributed by atoms with E-state index < -0.39 is 18.0 Å². The number of carbonyl (C=O) groups is 1. The van der Waals surface area contributed by atoms with Gasteiger partial charge in [-0.2, -0.15) is 0 Å². The minimum Gasteiger partial charge on any atom is -0.356 e. The molecule has 7 heteroatoms. The highest BCUT2D eigenvalue weighted by atomic mass is 19.1. The summed E-state index contributed by atoms with van der Waals surface area (Å²) in [5.74, 6) is 4.12. The number of alkyl halides is 1. The van der Waals surface area contributed by atoms with Crippen molar-refractivity contribution in [2.45, 2.75) is 31.5 Å². The number of nitrogens with two attached hydrogens (primary N) is 1. The molecular formula is C14H20FN3O3. The average molecular weight is 297 g/mol. The van der Waals surface area contributed by atoms with Crippen LogP contribution in [-0.2, 0) is 16.1 Å². The molecule has 0 aliphatic carbocycles. The van der Waals surface area contributed by atoms with Crippen molar-refractivity contribution >= 4 is 5.91 Å². The minimum absolute atomic E-state index is 0.0813. The highest BCUT2D eigenvalue weighted by Crippen LogP contribution is 2.26. The van der Waals surface area contributed by atoms with Crippen LogP contribution in [0.4, 0.5) is 4.39 Å². The summed E-state index contributed by atoms with van der Waals surface area (Å²) in [6.07, 6.45) is -0.737. The lowest BCUT2D eigenvalue weighted by Gasteiger charge is -2.37. The molecule has 0 radical (unpaired) electrons. The van der Waals surface area contributed by atoms with Gasteiger partial charge in [-0.05, 0) is 18.4 Å². The Kier molecular flexibility index (Phi) is 5.24. The second-order valence-electron chi connectivity index (χ2n) is 5.14. The first kappa shape index (κ1) is 15.8. The van der Waals surface area contributed by atoms with Gasteiger partial charge in [-0.1, -0.05) is 30.3 Å². The maximum absolute atomic E-state index is 14.4. The van der Waals surface area contributed by atoms with Crippen molar-refractivity contribution in [3.05, 3.63) is 35.9 Å². The number of likely N-dealkylation sites (tertiary alicyclic amines) is 1. The fraction of sp³-hybridized carbons (Fsp3) is 0.500. The van der Waals surface area contributed by atoms with E-state index in [-0.39, 0.29) is 19.6 Å². The molecule has 1 saturated heterocycles. The van der Waals surface area contributed by atoms with Crippen LogP contribution in [0.25, 0.3) is 0 Å². The maximum atomic E-state index is 14.4. The van der Waals surface area contributed by atoms with Crippen molar-refractivity contribution in [2.75, 3.05) is 13.1 Å². The van der Waals surface area contributed by atoms with Gasteiger partial charge in [0.15, 0.2) is 0 Å². The Balaban J connectivity index is 1.90. The predicted molar refractivity (Wildman–Crippen MR) is 74.2 cm³/mol. The highest BCUT2D eigenvalue weighted by Gasteiger charge is 2.43. The van der Waals surface area contributed by atoms with Crippen LogP contribution in [0.15, 0.2) is 30.3 Å². The Morgan fingerprint density at radius 1 is 1.52 bits per heavy atom. The van der Waals surface area contributed by atoms with E-state index in [2.05, 4.69) is 0 Å². The molecule has 2 rings (SSSR count). The summed E-state index contributed by atoms with van der Waals surface area (Å²) in [5.41, 5.74) is 0.639. The number of ether oxygens (including phenoxy) is 1. The zero-order chi connectivity index (χ0) is 15.3. The highest BCUT2D eigenvalue weighted by molar-refractivity contribution is 5.84. The van der Waals surface area contributed by atoms with Crippen LogP contribution in [-0.4, -0.2) is 41.1 Å². The third-order valence-electron chi connectivity index (χ3n) is 3.56. The zero-order valence-corrected chi connectivity index (χ0v) is 11.7. The van der Waals surface area contributed by atoms with E-state index in [0.29, 0.717) is 13.0 Å². The summed E-state index contributed by atoms with van der Waals surface area (Å²) >= 11 is 0. The molecule has 0 bridgehead atoms. The average Bonchev–Trinajstić information content (AvgIpc) is 2.52. The normalized spacial score (nSPS) is 24.5. The Bertz CT molecular complexity index is 474. The van der Waals surface area contributed by atoms with Crippen LogP contribution in [0.1, 0.15) is 18.4 Å². The molecule has 0 spiro atoms. The summed E-state index contributed by atoms with van der Waals surface area (Å²) in [6, 6.07) is 9.34. The quantitative estimate of drug-likeness (QED) is 0.314. The maximum Gasteiger partial charge on any atom is 0.272 e. The number of hydrogen-bond donors (Lipinski definition) is 3. The number of aliphatic hydroxyl groups is 1. The van der Waals surface area contributed by atoms with Gasteiger partial charge < -0.3 is 9.84 Å². The molecule has 1 aliphatic heterocycles. The Morgan fingerprint density at radius 3 is 2.90 bits per heavy atom. The van der Waals surface area contributed by atoms with Gasteiger partial charge in [0.05, 0.1) is 6.61 Å². The number of hydrazine groups is 1. The number of carbonyl (C=O) groups excluding carboxylic acids is 1. The summed E-state index contributed by atoms with van der Waals surface area (Å²) in [5, 5.41) is 10.00. The molecule has 0 aromatic heterocycles. The van der Waals surface area contributed by atoms with Crippen LogP contribution >= 0.6 is 0 Å². The predicted octanol–water partition coefficient (Wildman–Crippen LogP) is 0.273. The van der Waals surface area contributed by atoms with Crippen molar-refractivity contribution in [2.24, 2.45) is 5.84 Å². The van der Waals surface area contributed by atoms with Crippen LogP contribution in [0, 0.1) is 0 Å². The Labute approximate surface area is 122 Å². The zero-order valence-electron chi connectivity index (χ0n) is 11.7. The first-order valence-corrected chi connectivity index (χ1v) is 6.83. The molecule has 1 heterocycles. The van der Waals surface area contributed by atoms with Gasteiger partial charge in [-0.25, -0.2) is 10.2 Å². The first-order valence-electron chi connectivity index (χ1n) is 6.83. The van der Waals surface area contributed by atoms with Crippen LogP contribution in [0.2, 0.25) is 0 Å². The molecule has 4 N–H and O–H groups in total. The number of nitrogens with one attached hydrogen (secondary N) is 1. The molecule has 2 atom stereocenters. The topological polar surface area (TPSA) is 87.8 Å². The van der Waals surface area contributed by atoms with E-state index in [1.54, 1.807) is 0 Å². The molecule has 1 amide bonds. The van der Waals surface area contributed by atoms with Gasteiger partial charge in [-0.15, -0.1) is 0 Å². The van der Waals surface area contributed by atoms with Crippen molar-refractivity contribution in [3.63, 3.8) is 0 Å². The van der Waals surface area contributed by atoms with Crippen LogP contribution < -0.4 is 11.3 Å². The van der Waals surface area contributed by atoms with Crippen LogP contribution in [0.5, 0.6) is 0 Å². The minimum atomic E-state index is -2.09. The SMILES string of the molecule is NNC(=O)C1(F)CCCN(C(O)OCc2ccccc2)C1. The molecule has 0 saturated carbocycles. The lowest BCUT2D eigenvalue weighted by molar-refractivity contribution is -0.215. The molecule has 6 nitrogen and oxygen atoms in total. The third kappa shape index (κ3) is 3.98. The summed E-state index contributed by atoms with van der Waals surface area (Å²) in [6.45, 7) is 0.423. The molecule has 1 fully saturated rings. The standard InChI is InChI=1S/C14H20FN3O3/c15-14(12(19)17-16)7-4-8-18(10-14)13(20)21-9-11-5-2-1-3-6-11/h1-3,5-6,13,20H,4,7-10,16H2,(H,17,19). The first-order chi connectivity index (χ1) is 10.0. The number of aliphatic hydroxyl groups excluding tert-OH is 1. The number of amides is 1. The van der Waals surface area contributed by atoms with E-state index in [1.165, 1.54) is 4.90 Å². The van der Waals surface area contributed by atoms with Gasteiger partial charge in [-0.3, -0.25) is 15.1 Å². The molecule has 2 unspecified atom stereocenters. The fourth-order valence-electron chi connectivity index (χ4n) is 2.40. The summed E-state index contributed by atoms with van der Waals surface area (Å²) in [4.78, 5) is 12.9. The Morgan fingerprint density at radius 2 is 2.24 bits per heavy atom. The van der Waals surface area contributed by atoms with Gasteiger partial charge in [0.1, 0.15) is 0 Å². The van der Waals surface area contributed by atoms with Crippen molar-refractivity contribution in [1.29, 1.82) is 0 Å². The smallest absolute Gasteiger partial charge is 0.272 e. The molecule has 1 aliphatic rings. The molecule has 21 heavy (non-hydrogen) atoms. The third-order valence-corrected chi connectivity index (χ3v) is 3.56. The van der Waals surface area contributed by atoms with E-state index in [0.717, 1.165) is 5.56 Å². The van der Waals surface area contributed by atoms with Gasteiger partial charge in [0, 0.05) is 13.1 Å². The lowest BCUT2D eigenvalue weighted by Crippen LogP contribution is -2.58. The lowest BCUT2D eigenvalue weighted by atomic mass is 9.94. The van der Waals surface area contributed by atoms with Crippen molar-refractivity contribution in [3.8, 4) is 0 Å². The summed E-state index contributed by atoms with van der Waals surface area (Å²) < 4.78 is 19.8. The monoisotopic (exact) mass is 297 g/mol. The van der Waals surface area contributed by atoms with Gasteiger partial charge >= 0.3 is 0 Å². The number of nitrogens with zero attached hydrogens (tertiary/aromatic N) is 1. The number of halogens is 1. The van der Waals surface area contributed by atoms with E-state index >= 15 is 0 Å². The second kappa shape index (κ2) is 6.95. The Hall–Kier alpha value is -1.54. The number of hydrogen-bond acceptors (Lipinski definition) is 5. The molecular weight excluding hydrogens is 277 g/mol. The van der Waals surface area contributed by atoms with Gasteiger partial charge in [0.25, 0.3) is 5.91 Å². The number of rotatable bonds is 5. The second-order valence-corrected chi connectivity index (χ2v) is 5.14. The molecule has 1 aromatic carbocycles. The molecule has 116 valence electrons. The number of piperidine rings is 1. The molecule has 1 aromatic rings. The van der Waals surface area contributed by atoms with Gasteiger partial charge in [0.2, 0.25) is 12.1 Å². The van der Waals surface area contributed by atoms with E-state index in [1.807, 2.05) is 35.8 Å². The van der Waals surface area contributed by atoms with Crippen molar-refractivity contribution in [1.82, 2.24) is 10.3 Å². The van der Waals surface area contributed by atoms with Crippen LogP contribution in [0.3, 0.4) is 0 Å². The largest absolute Gasteiger partial charge is 0.356 e.